The van der Waals surface area contributed by atoms with Gasteiger partial charge in [-0.15, -0.1) is 10.2 Å². The predicted molar refractivity (Wildman–Crippen MR) is 102 cm³/mol. The van der Waals surface area contributed by atoms with Crippen molar-refractivity contribution in [1.29, 1.82) is 0 Å². The number of aromatic nitrogens is 2. The van der Waals surface area contributed by atoms with Crippen LogP contribution in [-0.2, 0) is 0 Å². The molecule has 0 aliphatic rings. The highest BCUT2D eigenvalue weighted by atomic mass is 35.5. The minimum absolute atomic E-state index is 0.0584. The molecular formula is C19H16ClFN4O2. The molecule has 0 fully saturated rings. The lowest BCUT2D eigenvalue weighted by molar-refractivity contribution is 0.102. The van der Waals surface area contributed by atoms with Crippen molar-refractivity contribution in [2.45, 2.75) is 6.92 Å². The Bertz CT molecular complexity index is 980. The lowest BCUT2D eigenvalue weighted by Gasteiger charge is -2.12. The smallest absolute Gasteiger partial charge is 0.276 e. The SMILES string of the molecule is COc1cc(Cl)c(C)cc1Nc1ccc(C(=O)Nc2ccccc2F)nn1. The van der Waals surface area contributed by atoms with Gasteiger partial charge in [0.1, 0.15) is 11.6 Å². The second-order valence-corrected chi connectivity index (χ2v) is 6.07. The maximum absolute atomic E-state index is 13.6. The number of hydrogen-bond donors (Lipinski definition) is 2. The van der Waals surface area contributed by atoms with Gasteiger partial charge in [-0.1, -0.05) is 23.7 Å². The number of benzene rings is 2. The summed E-state index contributed by atoms with van der Waals surface area (Å²) in [6, 6.07) is 12.5. The molecule has 0 aliphatic heterocycles. The Balaban J connectivity index is 1.75. The van der Waals surface area contributed by atoms with Crippen molar-refractivity contribution in [3.63, 3.8) is 0 Å². The molecule has 8 heteroatoms. The highest BCUT2D eigenvalue weighted by Gasteiger charge is 2.12. The van der Waals surface area contributed by atoms with Gasteiger partial charge in [-0.2, -0.15) is 0 Å². The van der Waals surface area contributed by atoms with E-state index in [1.54, 1.807) is 18.2 Å². The number of rotatable bonds is 5. The first-order chi connectivity index (χ1) is 13.0. The highest BCUT2D eigenvalue weighted by molar-refractivity contribution is 6.31. The van der Waals surface area contributed by atoms with Crippen LogP contribution in [0.25, 0.3) is 0 Å². The number of nitrogens with one attached hydrogen (secondary N) is 2. The van der Waals surface area contributed by atoms with Crippen molar-refractivity contribution in [2.75, 3.05) is 17.7 Å². The van der Waals surface area contributed by atoms with Crippen molar-refractivity contribution in [2.24, 2.45) is 0 Å². The number of hydrogen-bond acceptors (Lipinski definition) is 5. The van der Waals surface area contributed by atoms with Crippen molar-refractivity contribution in [1.82, 2.24) is 10.2 Å². The van der Waals surface area contributed by atoms with Crippen LogP contribution in [0.1, 0.15) is 16.1 Å². The number of amides is 1. The fourth-order valence-electron chi connectivity index (χ4n) is 2.34. The normalized spacial score (nSPS) is 10.4. The second kappa shape index (κ2) is 8.01. The number of aryl methyl sites for hydroxylation is 1. The molecule has 3 rings (SSSR count). The summed E-state index contributed by atoms with van der Waals surface area (Å²) in [4.78, 5) is 12.2. The molecule has 0 saturated carbocycles. The van der Waals surface area contributed by atoms with Gasteiger partial charge in [0.05, 0.1) is 18.5 Å². The molecule has 0 spiro atoms. The maximum Gasteiger partial charge on any atom is 0.276 e. The van der Waals surface area contributed by atoms with E-state index in [2.05, 4.69) is 20.8 Å². The van der Waals surface area contributed by atoms with E-state index in [0.717, 1.165) is 5.56 Å². The molecule has 27 heavy (non-hydrogen) atoms. The largest absolute Gasteiger partial charge is 0.495 e. The molecule has 0 bridgehead atoms. The van der Waals surface area contributed by atoms with E-state index < -0.39 is 11.7 Å². The van der Waals surface area contributed by atoms with Crippen LogP contribution in [-0.4, -0.2) is 23.2 Å². The topological polar surface area (TPSA) is 76.1 Å². The summed E-state index contributed by atoms with van der Waals surface area (Å²) in [5, 5.41) is 14.0. The first-order valence-corrected chi connectivity index (χ1v) is 8.36. The fraction of sp³-hybridized carbons (Fsp3) is 0.105. The van der Waals surface area contributed by atoms with Crippen molar-refractivity contribution < 1.29 is 13.9 Å². The van der Waals surface area contributed by atoms with Crippen molar-refractivity contribution in [3.05, 3.63) is 70.6 Å². The van der Waals surface area contributed by atoms with E-state index in [9.17, 15) is 9.18 Å². The van der Waals surface area contributed by atoms with Crippen LogP contribution in [0.15, 0.2) is 48.5 Å². The van der Waals surface area contributed by atoms with E-state index in [1.807, 2.05) is 13.0 Å². The minimum Gasteiger partial charge on any atom is -0.495 e. The number of methoxy groups -OCH3 is 1. The highest BCUT2D eigenvalue weighted by Crippen LogP contribution is 2.32. The first-order valence-electron chi connectivity index (χ1n) is 7.98. The Hall–Kier alpha value is -3.19. The van der Waals surface area contributed by atoms with Gasteiger partial charge in [-0.05, 0) is 42.8 Å². The summed E-state index contributed by atoms with van der Waals surface area (Å²) in [6.07, 6.45) is 0. The number of anilines is 3. The van der Waals surface area contributed by atoms with E-state index >= 15 is 0 Å². The average Bonchev–Trinajstić information content (AvgIpc) is 2.67. The Labute approximate surface area is 160 Å². The van der Waals surface area contributed by atoms with Gasteiger partial charge in [-0.25, -0.2) is 4.39 Å². The molecule has 3 aromatic rings. The second-order valence-electron chi connectivity index (χ2n) is 5.66. The number of carbonyl (C=O) groups is 1. The van der Waals surface area contributed by atoms with Gasteiger partial charge in [0.15, 0.2) is 11.5 Å². The van der Waals surface area contributed by atoms with E-state index in [4.69, 9.17) is 16.3 Å². The monoisotopic (exact) mass is 386 g/mol. The molecule has 2 N–H and O–H groups in total. The van der Waals surface area contributed by atoms with E-state index in [-0.39, 0.29) is 11.4 Å². The number of halogens is 2. The van der Waals surface area contributed by atoms with Gasteiger partial charge in [-0.3, -0.25) is 4.79 Å². The summed E-state index contributed by atoms with van der Waals surface area (Å²) >= 11 is 6.09. The van der Waals surface area contributed by atoms with Gasteiger partial charge in [0, 0.05) is 11.1 Å². The molecule has 6 nitrogen and oxygen atoms in total. The van der Waals surface area contributed by atoms with Crippen LogP contribution in [0, 0.1) is 12.7 Å². The maximum atomic E-state index is 13.6. The summed E-state index contributed by atoms with van der Waals surface area (Å²) in [5.41, 5.74) is 1.67. The van der Waals surface area contributed by atoms with Crippen molar-refractivity contribution >= 4 is 34.7 Å². The summed E-state index contributed by atoms with van der Waals surface area (Å²) in [5.74, 6) is -0.118. The predicted octanol–water partition coefficient (Wildman–Crippen LogP) is 4.58. The average molecular weight is 387 g/mol. The molecule has 0 radical (unpaired) electrons. The Morgan fingerprint density at radius 1 is 1.11 bits per heavy atom. The molecule has 0 unspecified atom stereocenters. The van der Waals surface area contributed by atoms with Crippen LogP contribution in [0.5, 0.6) is 5.75 Å². The summed E-state index contributed by atoms with van der Waals surface area (Å²) in [6.45, 7) is 1.87. The minimum atomic E-state index is -0.556. The van der Waals surface area contributed by atoms with E-state index in [1.165, 1.54) is 31.4 Å². The number of carbonyl (C=O) groups excluding carboxylic acids is 1. The van der Waals surface area contributed by atoms with Crippen LogP contribution < -0.4 is 15.4 Å². The summed E-state index contributed by atoms with van der Waals surface area (Å²) in [7, 11) is 1.54. The molecular weight excluding hydrogens is 371 g/mol. The van der Waals surface area contributed by atoms with Gasteiger partial charge in [0.25, 0.3) is 5.91 Å². The Morgan fingerprint density at radius 3 is 2.56 bits per heavy atom. The number of para-hydroxylation sites is 1. The third-order valence-corrected chi connectivity index (χ3v) is 4.17. The molecule has 1 heterocycles. The molecule has 0 aliphatic carbocycles. The summed E-state index contributed by atoms with van der Waals surface area (Å²) < 4.78 is 18.9. The fourth-order valence-corrected chi connectivity index (χ4v) is 2.49. The Kier molecular flexibility index (Phi) is 5.52. The molecule has 0 saturated heterocycles. The lowest BCUT2D eigenvalue weighted by Crippen LogP contribution is -2.15. The zero-order valence-electron chi connectivity index (χ0n) is 14.6. The van der Waals surface area contributed by atoms with Crippen LogP contribution >= 0.6 is 11.6 Å². The van der Waals surface area contributed by atoms with Gasteiger partial charge in [0.2, 0.25) is 0 Å². The number of nitrogens with zero attached hydrogens (tertiary/aromatic N) is 2. The van der Waals surface area contributed by atoms with Gasteiger partial charge >= 0.3 is 0 Å². The quantitative estimate of drug-likeness (QED) is 0.671. The number of ether oxygens (including phenoxy) is 1. The molecule has 2 aromatic carbocycles. The molecule has 1 aromatic heterocycles. The first kappa shape index (κ1) is 18.6. The molecule has 1 amide bonds. The zero-order chi connectivity index (χ0) is 19.4. The third kappa shape index (κ3) is 4.32. The van der Waals surface area contributed by atoms with Crippen LogP contribution in [0.4, 0.5) is 21.6 Å². The van der Waals surface area contributed by atoms with Crippen LogP contribution in [0.2, 0.25) is 5.02 Å². The van der Waals surface area contributed by atoms with Crippen molar-refractivity contribution in [3.8, 4) is 5.75 Å². The molecule has 0 atom stereocenters. The Morgan fingerprint density at radius 2 is 1.89 bits per heavy atom. The van der Waals surface area contributed by atoms with Gasteiger partial charge < -0.3 is 15.4 Å². The molecule has 138 valence electrons. The van der Waals surface area contributed by atoms with Crippen LogP contribution in [0.3, 0.4) is 0 Å². The zero-order valence-corrected chi connectivity index (χ0v) is 15.3. The third-order valence-electron chi connectivity index (χ3n) is 3.76. The van der Waals surface area contributed by atoms with E-state index in [0.29, 0.717) is 22.3 Å². The lowest BCUT2D eigenvalue weighted by atomic mass is 10.2. The standard InChI is InChI=1S/C19H16ClFN4O2/c1-11-9-16(17(27-2)10-12(11)20)22-18-8-7-15(24-25-18)19(26)23-14-6-4-3-5-13(14)21/h3-10H,1-2H3,(H,22,25)(H,23,26).